The van der Waals surface area contributed by atoms with E-state index in [1.807, 2.05) is 0 Å². The summed E-state index contributed by atoms with van der Waals surface area (Å²) >= 11 is 0. The highest BCUT2D eigenvalue weighted by atomic mass is 16.6. The molecule has 1 aliphatic rings. The number of imidazole rings is 1. The summed E-state index contributed by atoms with van der Waals surface area (Å²) in [4.78, 5) is 13.4. The minimum atomic E-state index is -0.549. The van der Waals surface area contributed by atoms with Crippen LogP contribution in [0.4, 0.5) is 5.82 Å². The smallest absolute Gasteiger partial charge is 0.414 e. The zero-order valence-corrected chi connectivity index (χ0v) is 6.71. The van der Waals surface area contributed by atoms with E-state index in [0.29, 0.717) is 13.1 Å². The molecular weight excluding hydrogens is 176 g/mol. The molecule has 1 atom stereocenters. The number of ether oxygens (including phenoxy) is 1. The SMILES string of the molecule is NCC1Cn2cc([N+](=O)[O-])nc2O1. The maximum atomic E-state index is 10.3. The van der Waals surface area contributed by atoms with E-state index in [1.54, 1.807) is 4.57 Å². The van der Waals surface area contributed by atoms with Crippen molar-refractivity contribution in [1.29, 1.82) is 0 Å². The average Bonchev–Trinajstić information content (AvgIpc) is 2.58. The molecule has 7 nitrogen and oxygen atoms in total. The average molecular weight is 184 g/mol. The molecule has 0 saturated heterocycles. The van der Waals surface area contributed by atoms with Crippen LogP contribution in [0, 0.1) is 10.1 Å². The molecule has 0 fully saturated rings. The van der Waals surface area contributed by atoms with Crippen LogP contribution in [-0.2, 0) is 6.54 Å². The highest BCUT2D eigenvalue weighted by Crippen LogP contribution is 2.23. The highest BCUT2D eigenvalue weighted by Gasteiger charge is 2.29. The van der Waals surface area contributed by atoms with Gasteiger partial charge in [0.05, 0.1) is 6.54 Å². The molecule has 70 valence electrons. The second kappa shape index (κ2) is 2.70. The molecule has 1 aliphatic heterocycles. The largest absolute Gasteiger partial charge is 0.439 e. The van der Waals surface area contributed by atoms with Crippen LogP contribution in [0.5, 0.6) is 6.01 Å². The van der Waals surface area contributed by atoms with Gasteiger partial charge < -0.3 is 20.6 Å². The first-order valence-corrected chi connectivity index (χ1v) is 3.79. The van der Waals surface area contributed by atoms with E-state index in [4.69, 9.17) is 10.5 Å². The van der Waals surface area contributed by atoms with Gasteiger partial charge in [-0.05, 0) is 4.92 Å². The van der Waals surface area contributed by atoms with Crippen molar-refractivity contribution in [3.8, 4) is 6.01 Å². The molecular formula is C6H8N4O3. The van der Waals surface area contributed by atoms with Gasteiger partial charge in [0.1, 0.15) is 12.3 Å². The van der Waals surface area contributed by atoms with Crippen LogP contribution in [0.25, 0.3) is 0 Å². The lowest BCUT2D eigenvalue weighted by molar-refractivity contribution is -0.389. The topological polar surface area (TPSA) is 96.2 Å². The van der Waals surface area contributed by atoms with Crippen molar-refractivity contribution >= 4 is 5.82 Å². The minimum Gasteiger partial charge on any atom is -0.439 e. The first-order valence-electron chi connectivity index (χ1n) is 3.79. The predicted molar refractivity (Wildman–Crippen MR) is 42.4 cm³/mol. The molecule has 0 spiro atoms. The van der Waals surface area contributed by atoms with E-state index in [1.165, 1.54) is 6.20 Å². The lowest BCUT2D eigenvalue weighted by atomic mass is 10.4. The van der Waals surface area contributed by atoms with Gasteiger partial charge in [-0.2, -0.15) is 0 Å². The second-order valence-corrected chi connectivity index (χ2v) is 2.77. The van der Waals surface area contributed by atoms with E-state index < -0.39 is 4.92 Å². The van der Waals surface area contributed by atoms with Crippen LogP contribution in [0.1, 0.15) is 0 Å². The summed E-state index contributed by atoms with van der Waals surface area (Å²) in [6, 6.07) is 0.280. The van der Waals surface area contributed by atoms with Crippen molar-refractivity contribution in [1.82, 2.24) is 9.55 Å². The standard InChI is InChI=1S/C6H8N4O3/c7-1-4-2-9-3-5(10(11)12)8-6(9)13-4/h3-4H,1-2,7H2. The molecule has 2 rings (SSSR count). The van der Waals surface area contributed by atoms with E-state index in [-0.39, 0.29) is 17.9 Å². The highest BCUT2D eigenvalue weighted by molar-refractivity contribution is 5.22. The summed E-state index contributed by atoms with van der Waals surface area (Å²) in [6.07, 6.45) is 1.24. The van der Waals surface area contributed by atoms with Gasteiger partial charge >= 0.3 is 11.8 Å². The number of nitrogens with zero attached hydrogens (tertiary/aromatic N) is 3. The fraction of sp³-hybridized carbons (Fsp3) is 0.500. The predicted octanol–water partition coefficient (Wildman–Crippen LogP) is -0.489. The maximum absolute atomic E-state index is 10.3. The minimum absolute atomic E-state index is 0.108. The number of nitro groups is 1. The van der Waals surface area contributed by atoms with E-state index in [2.05, 4.69) is 4.98 Å². The third kappa shape index (κ3) is 1.22. The zero-order chi connectivity index (χ0) is 9.42. The normalized spacial score (nSPS) is 19.6. The van der Waals surface area contributed by atoms with Gasteiger partial charge in [-0.15, -0.1) is 0 Å². The summed E-state index contributed by atoms with van der Waals surface area (Å²) < 4.78 is 6.80. The molecule has 2 heterocycles. The van der Waals surface area contributed by atoms with Crippen LogP contribution >= 0.6 is 0 Å². The van der Waals surface area contributed by atoms with Gasteiger partial charge in [-0.25, -0.2) is 0 Å². The first-order chi connectivity index (χ1) is 6.20. The van der Waals surface area contributed by atoms with E-state index in [9.17, 15) is 10.1 Å². The molecule has 0 radical (unpaired) electrons. The van der Waals surface area contributed by atoms with Crippen LogP contribution in [0.3, 0.4) is 0 Å². The maximum Gasteiger partial charge on any atom is 0.414 e. The molecule has 0 bridgehead atoms. The molecule has 2 N–H and O–H groups in total. The lowest BCUT2D eigenvalue weighted by Crippen LogP contribution is -2.25. The molecule has 1 aromatic rings. The summed E-state index contributed by atoms with van der Waals surface area (Å²) in [5, 5.41) is 10.3. The summed E-state index contributed by atoms with van der Waals surface area (Å²) in [7, 11) is 0. The monoisotopic (exact) mass is 184 g/mol. The fourth-order valence-corrected chi connectivity index (χ4v) is 1.23. The Labute approximate surface area is 73.3 Å². The number of rotatable bonds is 2. The molecule has 1 unspecified atom stereocenters. The van der Waals surface area contributed by atoms with Gasteiger partial charge in [0, 0.05) is 11.5 Å². The molecule has 7 heteroatoms. The summed E-state index contributed by atoms with van der Waals surface area (Å²) in [5.74, 6) is -0.189. The number of hydrogen-bond acceptors (Lipinski definition) is 5. The number of aromatic nitrogens is 2. The van der Waals surface area contributed by atoms with Gasteiger partial charge in [0.2, 0.25) is 0 Å². The summed E-state index contributed by atoms with van der Waals surface area (Å²) in [5.41, 5.74) is 5.37. The number of nitrogens with two attached hydrogens (primary N) is 1. The Hall–Kier alpha value is -1.63. The molecule has 0 saturated carbocycles. The fourth-order valence-electron chi connectivity index (χ4n) is 1.23. The molecule has 13 heavy (non-hydrogen) atoms. The first kappa shape index (κ1) is 7.99. The Balaban J connectivity index is 2.23. The quantitative estimate of drug-likeness (QED) is 0.494. The van der Waals surface area contributed by atoms with Crippen molar-refractivity contribution in [2.45, 2.75) is 12.6 Å². The van der Waals surface area contributed by atoms with Crippen LogP contribution in [-0.4, -0.2) is 27.1 Å². The van der Waals surface area contributed by atoms with Gasteiger partial charge in [-0.3, -0.25) is 4.57 Å². The van der Waals surface area contributed by atoms with E-state index in [0.717, 1.165) is 0 Å². The van der Waals surface area contributed by atoms with Crippen molar-refractivity contribution in [3.63, 3.8) is 0 Å². The van der Waals surface area contributed by atoms with E-state index >= 15 is 0 Å². The molecule has 0 aromatic carbocycles. The Kier molecular flexibility index (Phi) is 1.66. The van der Waals surface area contributed by atoms with Crippen molar-refractivity contribution in [2.24, 2.45) is 5.73 Å². The van der Waals surface area contributed by atoms with Crippen LogP contribution in [0.15, 0.2) is 6.20 Å². The van der Waals surface area contributed by atoms with Crippen molar-refractivity contribution < 1.29 is 9.66 Å². The van der Waals surface area contributed by atoms with Crippen molar-refractivity contribution in [2.75, 3.05) is 6.54 Å². The Morgan fingerprint density at radius 2 is 2.69 bits per heavy atom. The molecule has 0 amide bonds. The van der Waals surface area contributed by atoms with Crippen molar-refractivity contribution in [3.05, 3.63) is 16.3 Å². The van der Waals surface area contributed by atoms with Gasteiger partial charge in [0.25, 0.3) is 0 Å². The van der Waals surface area contributed by atoms with Gasteiger partial charge in [-0.1, -0.05) is 0 Å². The third-order valence-corrected chi connectivity index (χ3v) is 1.85. The molecule has 1 aromatic heterocycles. The third-order valence-electron chi connectivity index (χ3n) is 1.85. The Bertz CT molecular complexity index is 324. The number of fused-ring (bicyclic) bond motifs is 1. The Morgan fingerprint density at radius 1 is 1.92 bits per heavy atom. The lowest BCUT2D eigenvalue weighted by Gasteiger charge is -2.01. The number of hydrogen-bond donors (Lipinski definition) is 1. The second-order valence-electron chi connectivity index (χ2n) is 2.77. The molecule has 0 aliphatic carbocycles. The summed E-state index contributed by atoms with van der Waals surface area (Å²) in [6.45, 7) is 0.920. The Morgan fingerprint density at radius 3 is 3.23 bits per heavy atom. The van der Waals surface area contributed by atoms with Crippen LogP contribution in [0.2, 0.25) is 0 Å². The van der Waals surface area contributed by atoms with Crippen LogP contribution < -0.4 is 10.5 Å². The van der Waals surface area contributed by atoms with Gasteiger partial charge in [0.15, 0.2) is 0 Å². The zero-order valence-electron chi connectivity index (χ0n) is 6.71.